The van der Waals surface area contributed by atoms with Crippen LogP contribution >= 0.6 is 0 Å². The molecule has 7 nitrogen and oxygen atoms in total. The van der Waals surface area contributed by atoms with Crippen LogP contribution in [-0.2, 0) is 24.5 Å². The second-order valence-electron chi connectivity index (χ2n) is 6.96. The van der Waals surface area contributed by atoms with Crippen molar-refractivity contribution in [2.45, 2.75) is 32.6 Å². The Hall–Kier alpha value is -2.57. The number of esters is 1. The molecular weight excluding hydrogens is 336 g/mol. The van der Waals surface area contributed by atoms with Crippen molar-refractivity contribution in [3.05, 3.63) is 29.8 Å². The highest BCUT2D eigenvalue weighted by atomic mass is 16.5. The summed E-state index contributed by atoms with van der Waals surface area (Å²) in [7, 11) is 2.95. The van der Waals surface area contributed by atoms with Crippen LogP contribution in [0, 0.1) is 0 Å². The molecular formula is C19H28N2O5. The highest BCUT2D eigenvalue weighted by Gasteiger charge is 2.15. The molecule has 1 N–H and O–H groups in total. The molecule has 0 aromatic heterocycles. The summed E-state index contributed by atoms with van der Waals surface area (Å²) in [4.78, 5) is 35.8. The molecule has 0 heterocycles. The number of nitrogens with zero attached hydrogens (tertiary/aromatic N) is 1. The zero-order valence-electron chi connectivity index (χ0n) is 16.1. The quantitative estimate of drug-likeness (QED) is 0.707. The van der Waals surface area contributed by atoms with Gasteiger partial charge in [-0.05, 0) is 23.1 Å². The number of hydrogen-bond donors (Lipinski definition) is 1. The molecule has 0 saturated carbocycles. The van der Waals surface area contributed by atoms with Crippen molar-refractivity contribution in [2.24, 2.45) is 0 Å². The predicted molar refractivity (Wildman–Crippen MR) is 97.9 cm³/mol. The van der Waals surface area contributed by atoms with Gasteiger partial charge in [-0.3, -0.25) is 14.4 Å². The highest BCUT2D eigenvalue weighted by molar-refractivity contribution is 5.86. The number of ether oxygens (including phenoxy) is 2. The molecule has 0 radical (unpaired) electrons. The van der Waals surface area contributed by atoms with Gasteiger partial charge in [0.1, 0.15) is 5.75 Å². The van der Waals surface area contributed by atoms with Gasteiger partial charge in [-0.1, -0.05) is 32.9 Å². The summed E-state index contributed by atoms with van der Waals surface area (Å²) in [5.74, 6) is -0.594. The lowest BCUT2D eigenvalue weighted by molar-refractivity contribution is -0.152. The molecule has 0 aliphatic heterocycles. The first-order valence-electron chi connectivity index (χ1n) is 8.47. The average molecular weight is 364 g/mol. The van der Waals surface area contributed by atoms with E-state index >= 15 is 0 Å². The van der Waals surface area contributed by atoms with Crippen LogP contribution < -0.4 is 10.1 Å². The molecule has 0 unspecified atom stereocenters. The van der Waals surface area contributed by atoms with Gasteiger partial charge in [-0.15, -0.1) is 0 Å². The summed E-state index contributed by atoms with van der Waals surface area (Å²) in [5.41, 5.74) is 1.27. The van der Waals surface area contributed by atoms with Crippen molar-refractivity contribution >= 4 is 17.8 Å². The van der Waals surface area contributed by atoms with Gasteiger partial charge in [0.05, 0.1) is 19.6 Å². The van der Waals surface area contributed by atoms with Crippen molar-refractivity contribution in [3.63, 3.8) is 0 Å². The fourth-order valence-electron chi connectivity index (χ4n) is 2.01. The lowest BCUT2D eigenvalue weighted by atomic mass is 9.87. The number of hydrogen-bond acceptors (Lipinski definition) is 5. The average Bonchev–Trinajstić information content (AvgIpc) is 2.59. The lowest BCUT2D eigenvalue weighted by Crippen LogP contribution is -2.39. The van der Waals surface area contributed by atoms with Crippen LogP contribution in [0.15, 0.2) is 24.3 Å². The van der Waals surface area contributed by atoms with Gasteiger partial charge in [0.15, 0.2) is 6.61 Å². The summed E-state index contributed by atoms with van der Waals surface area (Å²) in [6.45, 7) is 6.08. The maximum Gasteiger partial charge on any atom is 0.309 e. The van der Waals surface area contributed by atoms with Gasteiger partial charge in [0.2, 0.25) is 5.91 Å². The van der Waals surface area contributed by atoms with E-state index in [4.69, 9.17) is 9.47 Å². The Balaban J connectivity index is 2.30. The smallest absolute Gasteiger partial charge is 0.309 e. The SMILES string of the molecule is CNC(=O)CN(C)C(=O)COC(=O)CCOc1ccc(C(C)(C)C)cc1. The van der Waals surface area contributed by atoms with Crippen LogP contribution in [0.25, 0.3) is 0 Å². The van der Waals surface area contributed by atoms with E-state index < -0.39 is 18.5 Å². The summed E-state index contributed by atoms with van der Waals surface area (Å²) in [5, 5.41) is 2.41. The molecule has 1 rings (SSSR count). The molecule has 0 aliphatic rings. The third-order valence-electron chi connectivity index (χ3n) is 3.74. The number of rotatable bonds is 8. The second-order valence-corrected chi connectivity index (χ2v) is 6.96. The fourth-order valence-corrected chi connectivity index (χ4v) is 2.01. The minimum atomic E-state index is -0.530. The first kappa shape index (κ1) is 21.5. The number of benzene rings is 1. The van der Waals surface area contributed by atoms with E-state index in [1.165, 1.54) is 24.6 Å². The van der Waals surface area contributed by atoms with Crippen molar-refractivity contribution in [1.29, 1.82) is 0 Å². The topological polar surface area (TPSA) is 84.9 Å². The molecule has 1 aromatic rings. The van der Waals surface area contributed by atoms with Gasteiger partial charge in [-0.2, -0.15) is 0 Å². The monoisotopic (exact) mass is 364 g/mol. The Bertz CT molecular complexity index is 620. The molecule has 0 saturated heterocycles. The third-order valence-corrected chi connectivity index (χ3v) is 3.74. The molecule has 26 heavy (non-hydrogen) atoms. The minimum absolute atomic E-state index is 0.0352. The van der Waals surface area contributed by atoms with Gasteiger partial charge in [0.25, 0.3) is 5.91 Å². The predicted octanol–water partition coefficient (Wildman–Crippen LogP) is 1.50. The standard InChI is InChI=1S/C19H28N2O5/c1-19(2,3)14-6-8-15(9-7-14)25-11-10-18(24)26-13-17(23)21(5)12-16(22)20-4/h6-9H,10-13H2,1-5H3,(H,20,22). The van der Waals surface area contributed by atoms with Crippen LogP contribution in [-0.4, -0.2) is 56.5 Å². The Morgan fingerprint density at radius 1 is 1.12 bits per heavy atom. The van der Waals surface area contributed by atoms with Gasteiger partial charge >= 0.3 is 5.97 Å². The largest absolute Gasteiger partial charge is 0.493 e. The van der Waals surface area contributed by atoms with Crippen molar-refractivity contribution in [1.82, 2.24) is 10.2 Å². The maximum atomic E-state index is 11.7. The van der Waals surface area contributed by atoms with E-state index in [0.717, 1.165) is 0 Å². The van der Waals surface area contributed by atoms with Crippen LogP contribution in [0.1, 0.15) is 32.8 Å². The number of amides is 2. The fraction of sp³-hybridized carbons (Fsp3) is 0.526. The molecule has 0 bridgehead atoms. The highest BCUT2D eigenvalue weighted by Crippen LogP contribution is 2.24. The molecule has 0 aliphatic carbocycles. The second kappa shape index (κ2) is 9.79. The third kappa shape index (κ3) is 7.55. The zero-order valence-corrected chi connectivity index (χ0v) is 16.1. The Labute approximate surface area is 154 Å². The Kier molecular flexibility index (Phi) is 8.09. The van der Waals surface area contributed by atoms with Crippen molar-refractivity contribution in [3.8, 4) is 5.75 Å². The normalized spacial score (nSPS) is 10.8. The number of nitrogens with one attached hydrogen (secondary N) is 1. The van der Waals surface area contributed by atoms with Gasteiger partial charge in [0, 0.05) is 14.1 Å². The minimum Gasteiger partial charge on any atom is -0.493 e. The zero-order chi connectivity index (χ0) is 19.7. The van der Waals surface area contributed by atoms with Crippen LogP contribution in [0.5, 0.6) is 5.75 Å². The van der Waals surface area contributed by atoms with E-state index in [1.54, 1.807) is 0 Å². The molecule has 144 valence electrons. The summed E-state index contributed by atoms with van der Waals surface area (Å²) in [6, 6.07) is 7.72. The van der Waals surface area contributed by atoms with E-state index in [-0.39, 0.29) is 30.9 Å². The summed E-state index contributed by atoms with van der Waals surface area (Å²) < 4.78 is 10.4. The van der Waals surface area contributed by atoms with Gasteiger partial charge < -0.3 is 19.7 Å². The molecule has 2 amide bonds. The molecule has 0 fully saturated rings. The van der Waals surface area contributed by atoms with Crippen molar-refractivity contribution in [2.75, 3.05) is 33.9 Å². The Morgan fingerprint density at radius 3 is 2.27 bits per heavy atom. The van der Waals surface area contributed by atoms with E-state index in [0.29, 0.717) is 5.75 Å². The molecule has 7 heteroatoms. The molecule has 0 spiro atoms. The molecule has 0 atom stereocenters. The summed E-state index contributed by atoms with van der Waals surface area (Å²) >= 11 is 0. The molecule has 1 aromatic carbocycles. The van der Waals surface area contributed by atoms with Gasteiger partial charge in [-0.25, -0.2) is 0 Å². The first-order chi connectivity index (χ1) is 12.1. The van der Waals surface area contributed by atoms with Crippen LogP contribution in [0.3, 0.4) is 0 Å². The van der Waals surface area contributed by atoms with E-state index in [9.17, 15) is 14.4 Å². The van der Waals surface area contributed by atoms with Crippen molar-refractivity contribution < 1.29 is 23.9 Å². The number of carbonyl (C=O) groups is 3. The maximum absolute atomic E-state index is 11.7. The van der Waals surface area contributed by atoms with E-state index in [1.807, 2.05) is 24.3 Å². The number of likely N-dealkylation sites (N-methyl/N-ethyl adjacent to an activating group) is 2. The Morgan fingerprint density at radius 2 is 1.73 bits per heavy atom. The van der Waals surface area contributed by atoms with Crippen LogP contribution in [0.2, 0.25) is 0 Å². The van der Waals surface area contributed by atoms with E-state index in [2.05, 4.69) is 26.1 Å². The number of carbonyl (C=O) groups excluding carboxylic acids is 3. The van der Waals surface area contributed by atoms with Crippen LogP contribution in [0.4, 0.5) is 0 Å². The first-order valence-corrected chi connectivity index (χ1v) is 8.47. The summed E-state index contributed by atoms with van der Waals surface area (Å²) in [6.07, 6.45) is 0.0352. The lowest BCUT2D eigenvalue weighted by Gasteiger charge is -2.19.